The average Bonchev–Trinajstić information content (AvgIpc) is 2.34. The number of ether oxygens (including phenoxy) is 2. The van der Waals surface area contributed by atoms with E-state index in [0.29, 0.717) is 12.1 Å². The minimum absolute atomic E-state index is 0.394. The summed E-state index contributed by atoms with van der Waals surface area (Å²) in [6.07, 6.45) is 6.22. The van der Waals surface area contributed by atoms with Crippen LogP contribution in [0.2, 0.25) is 0 Å². The number of rotatable bonds is 8. The summed E-state index contributed by atoms with van der Waals surface area (Å²) in [4.78, 5) is 0. The molecular formula is C12H26N2O2. The minimum atomic E-state index is 0.394. The lowest BCUT2D eigenvalue weighted by atomic mass is 10.1. The monoisotopic (exact) mass is 230 g/mol. The van der Waals surface area contributed by atoms with Gasteiger partial charge in [0.2, 0.25) is 0 Å². The van der Waals surface area contributed by atoms with Gasteiger partial charge in [-0.05, 0) is 38.6 Å². The van der Waals surface area contributed by atoms with Gasteiger partial charge in [-0.2, -0.15) is 0 Å². The molecule has 0 aromatic carbocycles. The highest BCUT2D eigenvalue weighted by atomic mass is 16.5. The Balaban J connectivity index is 2.14. The highest BCUT2D eigenvalue weighted by molar-refractivity contribution is 4.72. The molecule has 1 fully saturated rings. The molecule has 1 aliphatic rings. The van der Waals surface area contributed by atoms with Crippen LogP contribution in [0.15, 0.2) is 0 Å². The summed E-state index contributed by atoms with van der Waals surface area (Å²) in [5.41, 5.74) is 5.52. The fourth-order valence-corrected chi connectivity index (χ4v) is 2.08. The SMILES string of the molecule is COCC(CCCN)NCC1CCCCO1. The maximum atomic E-state index is 5.68. The Morgan fingerprint density at radius 2 is 2.38 bits per heavy atom. The lowest BCUT2D eigenvalue weighted by Gasteiger charge is -2.25. The lowest BCUT2D eigenvalue weighted by molar-refractivity contribution is 0.0132. The first-order valence-corrected chi connectivity index (χ1v) is 6.40. The molecule has 1 rings (SSSR count). The molecule has 0 saturated carbocycles. The molecule has 0 aromatic heterocycles. The molecule has 0 spiro atoms. The first-order chi connectivity index (χ1) is 7.86. The van der Waals surface area contributed by atoms with E-state index >= 15 is 0 Å². The van der Waals surface area contributed by atoms with Gasteiger partial charge < -0.3 is 20.5 Å². The zero-order valence-corrected chi connectivity index (χ0v) is 10.4. The Hall–Kier alpha value is -0.160. The summed E-state index contributed by atoms with van der Waals surface area (Å²) >= 11 is 0. The molecule has 4 nitrogen and oxygen atoms in total. The van der Waals surface area contributed by atoms with E-state index in [1.807, 2.05) is 0 Å². The van der Waals surface area contributed by atoms with Gasteiger partial charge in [0.25, 0.3) is 0 Å². The second-order valence-electron chi connectivity index (χ2n) is 4.48. The Morgan fingerprint density at radius 1 is 1.50 bits per heavy atom. The largest absolute Gasteiger partial charge is 0.383 e. The molecule has 0 aliphatic carbocycles. The third-order valence-electron chi connectivity index (χ3n) is 3.03. The molecular weight excluding hydrogens is 204 g/mol. The summed E-state index contributed by atoms with van der Waals surface area (Å²) < 4.78 is 10.9. The van der Waals surface area contributed by atoms with Gasteiger partial charge in [0, 0.05) is 26.3 Å². The molecule has 0 radical (unpaired) electrons. The standard InChI is InChI=1S/C12H26N2O2/c1-15-10-11(5-4-7-13)14-9-12-6-2-3-8-16-12/h11-12,14H,2-10,13H2,1H3. The maximum Gasteiger partial charge on any atom is 0.0699 e. The van der Waals surface area contributed by atoms with Gasteiger partial charge in [-0.1, -0.05) is 0 Å². The van der Waals surface area contributed by atoms with Crippen molar-refractivity contribution in [3.63, 3.8) is 0 Å². The Labute approximate surface area is 98.9 Å². The predicted molar refractivity (Wildman–Crippen MR) is 65.5 cm³/mol. The number of nitrogens with two attached hydrogens (primary N) is 1. The number of hydrogen-bond donors (Lipinski definition) is 2. The first kappa shape index (κ1) is 13.9. The van der Waals surface area contributed by atoms with Crippen LogP contribution in [-0.2, 0) is 9.47 Å². The van der Waals surface area contributed by atoms with Crippen LogP contribution in [0.4, 0.5) is 0 Å². The fourth-order valence-electron chi connectivity index (χ4n) is 2.08. The lowest BCUT2D eigenvalue weighted by Crippen LogP contribution is -2.40. The van der Waals surface area contributed by atoms with Crippen molar-refractivity contribution in [1.82, 2.24) is 5.32 Å². The molecule has 0 aromatic rings. The quantitative estimate of drug-likeness (QED) is 0.650. The second-order valence-corrected chi connectivity index (χ2v) is 4.48. The Bertz CT molecular complexity index is 161. The average molecular weight is 230 g/mol. The number of methoxy groups -OCH3 is 1. The summed E-state index contributed by atoms with van der Waals surface area (Å²) in [5.74, 6) is 0. The summed E-state index contributed by atoms with van der Waals surface area (Å²) in [6.45, 7) is 3.37. The van der Waals surface area contributed by atoms with Crippen molar-refractivity contribution < 1.29 is 9.47 Å². The molecule has 3 N–H and O–H groups in total. The van der Waals surface area contributed by atoms with E-state index in [0.717, 1.165) is 39.1 Å². The van der Waals surface area contributed by atoms with Gasteiger partial charge in [-0.15, -0.1) is 0 Å². The van der Waals surface area contributed by atoms with Crippen LogP contribution >= 0.6 is 0 Å². The Morgan fingerprint density at radius 3 is 3.00 bits per heavy atom. The van der Waals surface area contributed by atoms with E-state index in [2.05, 4.69) is 5.32 Å². The van der Waals surface area contributed by atoms with Crippen LogP contribution in [0.3, 0.4) is 0 Å². The zero-order chi connectivity index (χ0) is 11.6. The third kappa shape index (κ3) is 5.80. The van der Waals surface area contributed by atoms with Crippen LogP contribution in [0.5, 0.6) is 0 Å². The number of hydrogen-bond acceptors (Lipinski definition) is 4. The summed E-state index contributed by atoms with van der Waals surface area (Å²) in [5, 5.41) is 3.52. The van der Waals surface area contributed by atoms with E-state index in [4.69, 9.17) is 15.2 Å². The summed E-state index contributed by atoms with van der Waals surface area (Å²) in [7, 11) is 1.74. The number of nitrogens with one attached hydrogen (secondary N) is 1. The van der Waals surface area contributed by atoms with Crippen LogP contribution in [0.1, 0.15) is 32.1 Å². The zero-order valence-electron chi connectivity index (χ0n) is 10.4. The van der Waals surface area contributed by atoms with Gasteiger partial charge in [-0.3, -0.25) is 0 Å². The molecule has 1 aliphatic heterocycles. The highest BCUT2D eigenvalue weighted by Gasteiger charge is 2.15. The van der Waals surface area contributed by atoms with E-state index in [-0.39, 0.29) is 0 Å². The molecule has 16 heavy (non-hydrogen) atoms. The van der Waals surface area contributed by atoms with E-state index in [1.54, 1.807) is 7.11 Å². The topological polar surface area (TPSA) is 56.5 Å². The Kier molecular flexibility index (Phi) is 7.76. The molecule has 1 heterocycles. The normalized spacial score (nSPS) is 23.2. The van der Waals surface area contributed by atoms with Crippen LogP contribution in [0, 0.1) is 0 Å². The maximum absolute atomic E-state index is 5.68. The highest BCUT2D eigenvalue weighted by Crippen LogP contribution is 2.12. The molecule has 96 valence electrons. The van der Waals surface area contributed by atoms with Crippen molar-refractivity contribution in [2.75, 3.05) is 33.4 Å². The van der Waals surface area contributed by atoms with E-state index in [1.165, 1.54) is 19.3 Å². The van der Waals surface area contributed by atoms with Crippen molar-refractivity contribution >= 4 is 0 Å². The van der Waals surface area contributed by atoms with E-state index in [9.17, 15) is 0 Å². The fraction of sp³-hybridized carbons (Fsp3) is 1.00. The van der Waals surface area contributed by atoms with Crippen molar-refractivity contribution in [1.29, 1.82) is 0 Å². The molecule has 0 amide bonds. The molecule has 2 atom stereocenters. The van der Waals surface area contributed by atoms with Crippen LogP contribution in [0.25, 0.3) is 0 Å². The molecule has 2 unspecified atom stereocenters. The van der Waals surface area contributed by atoms with Crippen molar-refractivity contribution in [2.45, 2.75) is 44.2 Å². The van der Waals surface area contributed by atoms with Crippen LogP contribution < -0.4 is 11.1 Å². The van der Waals surface area contributed by atoms with Crippen molar-refractivity contribution in [2.24, 2.45) is 5.73 Å². The molecule has 0 bridgehead atoms. The second kappa shape index (κ2) is 8.93. The summed E-state index contributed by atoms with van der Waals surface area (Å²) in [6, 6.07) is 0.416. The first-order valence-electron chi connectivity index (χ1n) is 6.40. The third-order valence-corrected chi connectivity index (χ3v) is 3.03. The van der Waals surface area contributed by atoms with Crippen molar-refractivity contribution in [3.8, 4) is 0 Å². The van der Waals surface area contributed by atoms with Gasteiger partial charge in [-0.25, -0.2) is 0 Å². The van der Waals surface area contributed by atoms with Gasteiger partial charge in [0.15, 0.2) is 0 Å². The van der Waals surface area contributed by atoms with Gasteiger partial charge in [0.05, 0.1) is 12.7 Å². The molecule has 4 heteroatoms. The smallest absolute Gasteiger partial charge is 0.0699 e. The minimum Gasteiger partial charge on any atom is -0.383 e. The van der Waals surface area contributed by atoms with Crippen LogP contribution in [-0.4, -0.2) is 45.6 Å². The van der Waals surface area contributed by atoms with Gasteiger partial charge in [0.1, 0.15) is 0 Å². The van der Waals surface area contributed by atoms with Gasteiger partial charge >= 0.3 is 0 Å². The molecule has 1 saturated heterocycles. The predicted octanol–water partition coefficient (Wildman–Crippen LogP) is 0.899. The van der Waals surface area contributed by atoms with Crippen molar-refractivity contribution in [3.05, 3.63) is 0 Å². The van der Waals surface area contributed by atoms with E-state index < -0.39 is 0 Å².